The monoisotopic (exact) mass is 329 g/mol. The van der Waals surface area contributed by atoms with Gasteiger partial charge in [0.2, 0.25) is 0 Å². The summed E-state index contributed by atoms with van der Waals surface area (Å²) in [5, 5.41) is 5.90. The summed E-state index contributed by atoms with van der Waals surface area (Å²) in [5.74, 6) is 0.910. The van der Waals surface area contributed by atoms with Gasteiger partial charge < -0.3 is 5.32 Å². The van der Waals surface area contributed by atoms with Crippen LogP contribution in [0.15, 0.2) is 15.9 Å². The zero-order chi connectivity index (χ0) is 13.4. The van der Waals surface area contributed by atoms with E-state index in [1.807, 2.05) is 11.3 Å². The summed E-state index contributed by atoms with van der Waals surface area (Å²) in [6, 6.07) is 2.28. The number of hydrogen-bond donors (Lipinski definition) is 1. The van der Waals surface area contributed by atoms with Crippen LogP contribution in [0.2, 0.25) is 0 Å². The van der Waals surface area contributed by atoms with E-state index in [1.54, 1.807) is 0 Å². The Bertz CT molecular complexity index is 403. The van der Waals surface area contributed by atoms with Gasteiger partial charge in [-0.2, -0.15) is 0 Å². The summed E-state index contributed by atoms with van der Waals surface area (Å²) in [5.41, 5.74) is 0.629. The first-order valence-corrected chi connectivity index (χ1v) is 8.44. The van der Waals surface area contributed by atoms with Gasteiger partial charge in [-0.25, -0.2) is 0 Å². The summed E-state index contributed by atoms with van der Waals surface area (Å²) in [6.07, 6.45) is 4.03. The topological polar surface area (TPSA) is 12.0 Å². The molecule has 1 fully saturated rings. The van der Waals surface area contributed by atoms with E-state index >= 15 is 0 Å². The Hall–Kier alpha value is 0.140. The van der Waals surface area contributed by atoms with Gasteiger partial charge in [0.05, 0.1) is 0 Å². The third-order valence-corrected chi connectivity index (χ3v) is 5.48. The van der Waals surface area contributed by atoms with Gasteiger partial charge in [0, 0.05) is 26.8 Å². The predicted molar refractivity (Wildman–Crippen MR) is 84.3 cm³/mol. The summed E-state index contributed by atoms with van der Waals surface area (Å²) in [4.78, 5) is 1.51. The van der Waals surface area contributed by atoms with Crippen molar-refractivity contribution < 1.29 is 0 Å². The first kappa shape index (κ1) is 14.5. The lowest BCUT2D eigenvalue weighted by molar-refractivity contribution is 0.229. The summed E-state index contributed by atoms with van der Waals surface area (Å²) < 4.78 is 1.23. The number of rotatable bonds is 5. The molecule has 1 aromatic heterocycles. The molecule has 0 spiro atoms. The molecule has 1 aliphatic rings. The van der Waals surface area contributed by atoms with Crippen molar-refractivity contribution in [1.82, 2.24) is 5.32 Å². The Labute approximate surface area is 123 Å². The quantitative estimate of drug-likeness (QED) is 0.813. The maximum atomic E-state index is 3.70. The molecule has 0 aliphatic heterocycles. The fourth-order valence-corrected chi connectivity index (χ4v) is 4.09. The third kappa shape index (κ3) is 4.07. The van der Waals surface area contributed by atoms with Gasteiger partial charge in [0.15, 0.2) is 0 Å². The van der Waals surface area contributed by atoms with Crippen molar-refractivity contribution in [2.45, 2.75) is 52.5 Å². The van der Waals surface area contributed by atoms with Crippen LogP contribution in [-0.4, -0.2) is 12.1 Å². The van der Waals surface area contributed by atoms with Crippen LogP contribution in [0.1, 0.15) is 45.4 Å². The SMILES string of the molecule is CC(C)(C)NCC(C)(Cc1cc(Br)cs1)C1CC1. The largest absolute Gasteiger partial charge is 0.312 e. The molecule has 3 heteroatoms. The van der Waals surface area contributed by atoms with E-state index in [1.165, 1.54) is 28.6 Å². The van der Waals surface area contributed by atoms with Gasteiger partial charge in [-0.15, -0.1) is 11.3 Å². The molecule has 0 bridgehead atoms. The molecule has 1 heterocycles. The smallest absolute Gasteiger partial charge is 0.0285 e. The molecule has 0 radical (unpaired) electrons. The lowest BCUT2D eigenvalue weighted by atomic mass is 9.80. The molecule has 18 heavy (non-hydrogen) atoms. The van der Waals surface area contributed by atoms with Crippen LogP contribution in [-0.2, 0) is 6.42 Å². The maximum absolute atomic E-state index is 3.70. The average molecular weight is 330 g/mol. The molecule has 1 aromatic rings. The number of halogens is 1. The van der Waals surface area contributed by atoms with E-state index in [-0.39, 0.29) is 5.54 Å². The van der Waals surface area contributed by atoms with Crippen LogP contribution in [0.5, 0.6) is 0 Å². The second kappa shape index (κ2) is 5.26. The molecule has 102 valence electrons. The first-order valence-electron chi connectivity index (χ1n) is 6.76. The lowest BCUT2D eigenvalue weighted by Gasteiger charge is -2.34. The van der Waals surface area contributed by atoms with Crippen LogP contribution < -0.4 is 5.32 Å². The molecule has 1 atom stereocenters. The highest BCUT2D eigenvalue weighted by molar-refractivity contribution is 9.10. The Morgan fingerprint density at radius 3 is 2.44 bits per heavy atom. The van der Waals surface area contributed by atoms with Crippen LogP contribution in [0, 0.1) is 11.3 Å². The second-order valence-corrected chi connectivity index (χ2v) is 8.85. The second-order valence-electron chi connectivity index (χ2n) is 6.94. The molecule has 1 saturated carbocycles. The minimum absolute atomic E-state index is 0.214. The average Bonchev–Trinajstić information content (AvgIpc) is 3.01. The van der Waals surface area contributed by atoms with Crippen molar-refractivity contribution in [2.24, 2.45) is 11.3 Å². The van der Waals surface area contributed by atoms with E-state index < -0.39 is 0 Å². The van der Waals surface area contributed by atoms with Crippen molar-refractivity contribution >= 4 is 27.3 Å². The van der Waals surface area contributed by atoms with E-state index in [4.69, 9.17) is 0 Å². The van der Waals surface area contributed by atoms with Crippen molar-refractivity contribution in [1.29, 1.82) is 0 Å². The maximum Gasteiger partial charge on any atom is 0.0285 e. The number of hydrogen-bond acceptors (Lipinski definition) is 2. The van der Waals surface area contributed by atoms with Crippen molar-refractivity contribution in [2.75, 3.05) is 6.54 Å². The van der Waals surface area contributed by atoms with Crippen LogP contribution in [0.4, 0.5) is 0 Å². The molecule has 0 saturated heterocycles. The highest BCUT2D eigenvalue weighted by atomic mass is 79.9. The summed E-state index contributed by atoms with van der Waals surface area (Å²) >= 11 is 5.44. The molecule has 2 rings (SSSR count). The zero-order valence-corrected chi connectivity index (χ0v) is 14.2. The van der Waals surface area contributed by atoms with Gasteiger partial charge in [0.1, 0.15) is 0 Å². The molecule has 0 aromatic carbocycles. The molecule has 1 nitrogen and oxygen atoms in total. The Morgan fingerprint density at radius 2 is 2.00 bits per heavy atom. The van der Waals surface area contributed by atoms with Crippen molar-refractivity contribution in [3.8, 4) is 0 Å². The molecule has 1 N–H and O–H groups in total. The summed E-state index contributed by atoms with van der Waals surface area (Å²) in [6.45, 7) is 10.3. The molecular weight excluding hydrogens is 306 g/mol. The van der Waals surface area contributed by atoms with E-state index in [9.17, 15) is 0 Å². The standard InChI is InChI=1S/C15H24BrNS/c1-14(2,3)17-10-15(4,11-5-6-11)8-13-7-12(16)9-18-13/h7,9,11,17H,5-6,8,10H2,1-4H3. The lowest BCUT2D eigenvalue weighted by Crippen LogP contribution is -2.44. The van der Waals surface area contributed by atoms with E-state index in [2.05, 4.69) is 60.4 Å². The Morgan fingerprint density at radius 1 is 1.33 bits per heavy atom. The summed E-state index contributed by atoms with van der Waals surface area (Å²) in [7, 11) is 0. The van der Waals surface area contributed by atoms with E-state index in [0.717, 1.165) is 12.5 Å². The van der Waals surface area contributed by atoms with E-state index in [0.29, 0.717) is 5.41 Å². The fraction of sp³-hybridized carbons (Fsp3) is 0.733. The molecule has 1 unspecified atom stereocenters. The number of thiophene rings is 1. The normalized spacial score (nSPS) is 19.8. The van der Waals surface area contributed by atoms with Gasteiger partial charge in [-0.1, -0.05) is 6.92 Å². The zero-order valence-electron chi connectivity index (χ0n) is 11.8. The van der Waals surface area contributed by atoms with Crippen molar-refractivity contribution in [3.63, 3.8) is 0 Å². The van der Waals surface area contributed by atoms with Crippen LogP contribution in [0.25, 0.3) is 0 Å². The van der Waals surface area contributed by atoms with Gasteiger partial charge in [0.25, 0.3) is 0 Å². The minimum Gasteiger partial charge on any atom is -0.312 e. The van der Waals surface area contributed by atoms with Crippen LogP contribution >= 0.6 is 27.3 Å². The van der Waals surface area contributed by atoms with Crippen LogP contribution in [0.3, 0.4) is 0 Å². The molecule has 0 amide bonds. The van der Waals surface area contributed by atoms with Gasteiger partial charge >= 0.3 is 0 Å². The number of nitrogens with one attached hydrogen (secondary N) is 1. The molecule has 1 aliphatic carbocycles. The Kier molecular flexibility index (Phi) is 4.25. The van der Waals surface area contributed by atoms with Crippen molar-refractivity contribution in [3.05, 3.63) is 20.8 Å². The first-order chi connectivity index (χ1) is 8.28. The fourth-order valence-electron chi connectivity index (χ4n) is 2.44. The highest BCUT2D eigenvalue weighted by Crippen LogP contribution is 2.47. The Balaban J connectivity index is 2.02. The van der Waals surface area contributed by atoms with Gasteiger partial charge in [-0.3, -0.25) is 0 Å². The minimum atomic E-state index is 0.214. The highest BCUT2D eigenvalue weighted by Gasteiger charge is 2.41. The predicted octanol–water partition coefficient (Wildman–Crippen LogP) is 4.86. The molecular formula is C15H24BrNS. The third-order valence-electron chi connectivity index (χ3n) is 3.79. The van der Waals surface area contributed by atoms with Gasteiger partial charge in [-0.05, 0) is 73.4 Å².